The molecule has 1 amide bonds. The van der Waals surface area contributed by atoms with Gasteiger partial charge in [0, 0.05) is 22.4 Å². The lowest BCUT2D eigenvalue weighted by molar-refractivity contribution is -0.149. The number of carboxylic acid groups (broad SMARTS) is 1. The molecule has 6 heteroatoms. The fourth-order valence-corrected chi connectivity index (χ4v) is 2.49. The fraction of sp³-hybridized carbons (Fsp3) is 0.385. The first kappa shape index (κ1) is 16.2. The van der Waals surface area contributed by atoms with Crippen LogP contribution in [-0.2, 0) is 9.59 Å². The van der Waals surface area contributed by atoms with E-state index in [1.54, 1.807) is 18.2 Å². The summed E-state index contributed by atoms with van der Waals surface area (Å²) in [5, 5.41) is 9.41. The molecule has 0 aromatic heterocycles. The summed E-state index contributed by atoms with van der Waals surface area (Å²) in [6, 6.07) is 4.23. The molecular weight excluding hydrogens is 378 g/mol. The van der Waals surface area contributed by atoms with Crippen LogP contribution in [0.4, 0.5) is 0 Å². The van der Waals surface area contributed by atoms with Crippen molar-refractivity contribution in [3.8, 4) is 0 Å². The Kier molecular flexibility index (Phi) is 6.00. The molecule has 0 aliphatic heterocycles. The van der Waals surface area contributed by atoms with Gasteiger partial charge in [-0.25, -0.2) is 4.79 Å². The van der Waals surface area contributed by atoms with Gasteiger partial charge in [0.15, 0.2) is 6.04 Å². The minimum absolute atomic E-state index is 0.242. The molecule has 1 unspecified atom stereocenters. The second-order valence-corrected chi connectivity index (χ2v) is 5.84. The Hall–Kier alpha value is -0.880. The molecule has 1 N–H and O–H groups in total. The van der Waals surface area contributed by atoms with E-state index in [4.69, 9.17) is 0 Å². The minimum atomic E-state index is -1.03. The number of nitrogens with zero attached hydrogens (tertiary/aromatic N) is 1. The van der Waals surface area contributed by atoms with Crippen molar-refractivity contribution >= 4 is 43.7 Å². The molecule has 0 fully saturated rings. The maximum atomic E-state index is 11.6. The normalized spacial score (nSPS) is 12.0. The molecule has 0 aliphatic carbocycles. The molecule has 19 heavy (non-hydrogen) atoms. The van der Waals surface area contributed by atoms with Crippen LogP contribution in [0.2, 0.25) is 0 Å². The van der Waals surface area contributed by atoms with E-state index in [-0.39, 0.29) is 5.91 Å². The van der Waals surface area contributed by atoms with Crippen LogP contribution in [0, 0.1) is 0 Å². The Morgan fingerprint density at radius 2 is 1.95 bits per heavy atom. The molecule has 0 bridgehead atoms. The van der Waals surface area contributed by atoms with Gasteiger partial charge in [-0.2, -0.15) is 0 Å². The lowest BCUT2D eigenvalue weighted by atomic mass is 10.1. The van der Waals surface area contributed by atoms with Crippen LogP contribution in [0.15, 0.2) is 27.1 Å². The van der Waals surface area contributed by atoms with E-state index in [0.29, 0.717) is 18.5 Å². The van der Waals surface area contributed by atoms with Crippen molar-refractivity contribution in [3.63, 3.8) is 0 Å². The van der Waals surface area contributed by atoms with Crippen LogP contribution in [-0.4, -0.2) is 28.4 Å². The Balaban J connectivity index is 3.21. The van der Waals surface area contributed by atoms with E-state index in [1.807, 2.05) is 6.92 Å². The number of carbonyl (C=O) groups excluding carboxylic acids is 1. The van der Waals surface area contributed by atoms with E-state index in [1.165, 1.54) is 11.8 Å². The standard InChI is InChI=1S/C13H15Br2NO3/c1-3-6-16(8(2)17)12(13(18)19)9-4-5-10(14)11(15)7-9/h4-5,7,12H,3,6H2,1-2H3,(H,18,19). The molecule has 0 saturated carbocycles. The number of rotatable bonds is 5. The highest BCUT2D eigenvalue weighted by molar-refractivity contribution is 9.13. The van der Waals surface area contributed by atoms with Gasteiger partial charge in [-0.05, 0) is 56.0 Å². The van der Waals surface area contributed by atoms with Crippen LogP contribution in [0.25, 0.3) is 0 Å². The molecule has 1 rings (SSSR count). The van der Waals surface area contributed by atoms with E-state index in [9.17, 15) is 14.7 Å². The van der Waals surface area contributed by atoms with E-state index >= 15 is 0 Å². The monoisotopic (exact) mass is 391 g/mol. The molecule has 1 aromatic rings. The van der Waals surface area contributed by atoms with Gasteiger partial charge in [0.05, 0.1) is 0 Å². The summed E-state index contributed by atoms with van der Waals surface area (Å²) in [4.78, 5) is 24.5. The van der Waals surface area contributed by atoms with Gasteiger partial charge in [0.25, 0.3) is 0 Å². The number of hydrogen-bond acceptors (Lipinski definition) is 2. The first-order chi connectivity index (χ1) is 8.88. The van der Waals surface area contributed by atoms with Crippen LogP contribution in [0.3, 0.4) is 0 Å². The topological polar surface area (TPSA) is 57.6 Å². The van der Waals surface area contributed by atoms with E-state index < -0.39 is 12.0 Å². The van der Waals surface area contributed by atoms with Crippen molar-refractivity contribution in [1.29, 1.82) is 0 Å². The summed E-state index contributed by atoms with van der Waals surface area (Å²) < 4.78 is 1.60. The van der Waals surface area contributed by atoms with Crippen molar-refractivity contribution in [2.45, 2.75) is 26.3 Å². The van der Waals surface area contributed by atoms with Crippen molar-refractivity contribution in [2.75, 3.05) is 6.54 Å². The number of carbonyl (C=O) groups is 2. The zero-order valence-electron chi connectivity index (χ0n) is 10.7. The van der Waals surface area contributed by atoms with Crippen molar-refractivity contribution in [1.82, 2.24) is 4.90 Å². The first-order valence-corrected chi connectivity index (χ1v) is 7.42. The van der Waals surface area contributed by atoms with Gasteiger partial charge in [0.1, 0.15) is 0 Å². The van der Waals surface area contributed by atoms with E-state index in [2.05, 4.69) is 31.9 Å². The van der Waals surface area contributed by atoms with Gasteiger partial charge in [0.2, 0.25) is 5.91 Å². The highest BCUT2D eigenvalue weighted by atomic mass is 79.9. The third-order valence-corrected chi connectivity index (χ3v) is 4.55. The second-order valence-electron chi connectivity index (χ2n) is 4.13. The van der Waals surface area contributed by atoms with Crippen molar-refractivity contribution < 1.29 is 14.7 Å². The molecule has 0 spiro atoms. The van der Waals surface area contributed by atoms with Crippen LogP contribution < -0.4 is 0 Å². The third-order valence-electron chi connectivity index (χ3n) is 2.67. The molecule has 4 nitrogen and oxygen atoms in total. The number of carboxylic acids is 1. The lowest BCUT2D eigenvalue weighted by Crippen LogP contribution is -2.38. The molecular formula is C13H15Br2NO3. The Morgan fingerprint density at radius 1 is 1.32 bits per heavy atom. The maximum Gasteiger partial charge on any atom is 0.331 e. The summed E-state index contributed by atoms with van der Waals surface area (Å²) in [7, 11) is 0. The smallest absolute Gasteiger partial charge is 0.331 e. The fourth-order valence-electron chi connectivity index (χ4n) is 1.85. The Bertz CT molecular complexity index is 491. The SMILES string of the molecule is CCCN(C(C)=O)C(C(=O)O)c1ccc(Br)c(Br)c1. The number of aliphatic carboxylic acids is 1. The maximum absolute atomic E-state index is 11.6. The van der Waals surface area contributed by atoms with Crippen LogP contribution in [0.1, 0.15) is 31.9 Å². The molecule has 0 radical (unpaired) electrons. The van der Waals surface area contributed by atoms with Gasteiger partial charge in [-0.3, -0.25) is 4.79 Å². The summed E-state index contributed by atoms with van der Waals surface area (Å²) in [6.45, 7) is 3.71. The van der Waals surface area contributed by atoms with Gasteiger partial charge >= 0.3 is 5.97 Å². The highest BCUT2D eigenvalue weighted by Gasteiger charge is 2.29. The molecule has 0 aliphatic rings. The number of hydrogen-bond donors (Lipinski definition) is 1. The largest absolute Gasteiger partial charge is 0.479 e. The number of halogens is 2. The molecule has 0 saturated heterocycles. The van der Waals surface area contributed by atoms with Crippen LogP contribution >= 0.6 is 31.9 Å². The molecule has 0 heterocycles. The molecule has 1 atom stereocenters. The summed E-state index contributed by atoms with van der Waals surface area (Å²) in [6.07, 6.45) is 0.709. The van der Waals surface area contributed by atoms with Crippen molar-refractivity contribution in [3.05, 3.63) is 32.7 Å². The predicted octanol–water partition coefficient (Wildman–Crippen LogP) is 3.60. The van der Waals surface area contributed by atoms with E-state index in [0.717, 1.165) is 8.95 Å². The van der Waals surface area contributed by atoms with Gasteiger partial charge in [-0.1, -0.05) is 13.0 Å². The summed E-state index contributed by atoms with van der Waals surface area (Å²) in [5.74, 6) is -1.27. The lowest BCUT2D eigenvalue weighted by Gasteiger charge is -2.28. The molecule has 1 aromatic carbocycles. The Morgan fingerprint density at radius 3 is 2.37 bits per heavy atom. The minimum Gasteiger partial charge on any atom is -0.479 e. The van der Waals surface area contributed by atoms with Crippen molar-refractivity contribution in [2.24, 2.45) is 0 Å². The average Bonchev–Trinajstić information content (AvgIpc) is 2.32. The quantitative estimate of drug-likeness (QED) is 0.832. The van der Waals surface area contributed by atoms with Crippen LogP contribution in [0.5, 0.6) is 0 Å². The predicted molar refractivity (Wildman–Crippen MR) is 79.9 cm³/mol. The highest BCUT2D eigenvalue weighted by Crippen LogP contribution is 2.29. The first-order valence-electron chi connectivity index (χ1n) is 5.83. The third kappa shape index (κ3) is 4.04. The second kappa shape index (κ2) is 7.05. The summed E-state index contributed by atoms with van der Waals surface area (Å²) in [5.41, 5.74) is 0.575. The number of amides is 1. The molecule has 104 valence electrons. The zero-order valence-corrected chi connectivity index (χ0v) is 13.9. The zero-order chi connectivity index (χ0) is 14.6. The van der Waals surface area contributed by atoms with Gasteiger partial charge < -0.3 is 10.0 Å². The Labute approximate surface area is 129 Å². The average molecular weight is 393 g/mol. The summed E-state index contributed by atoms with van der Waals surface area (Å²) >= 11 is 6.68. The van der Waals surface area contributed by atoms with Gasteiger partial charge in [-0.15, -0.1) is 0 Å². The number of benzene rings is 1.